The van der Waals surface area contributed by atoms with Gasteiger partial charge in [-0.15, -0.1) is 0 Å². The van der Waals surface area contributed by atoms with Crippen molar-refractivity contribution in [3.05, 3.63) is 60.7 Å². The molecule has 0 saturated heterocycles. The molecule has 4 heteroatoms. The van der Waals surface area contributed by atoms with Crippen LogP contribution in [0.4, 0.5) is 0 Å². The molecule has 0 aromatic heterocycles. The van der Waals surface area contributed by atoms with Gasteiger partial charge in [0.25, 0.3) is 0 Å². The maximum absolute atomic E-state index is 5.71. The lowest BCUT2D eigenvalue weighted by atomic mass is 10.1. The van der Waals surface area contributed by atoms with Gasteiger partial charge in [0, 0.05) is 11.5 Å². The Morgan fingerprint density at radius 3 is 1.20 bits per heavy atom. The summed E-state index contributed by atoms with van der Waals surface area (Å²) in [5, 5.41) is 0. The van der Waals surface area contributed by atoms with Gasteiger partial charge >= 0.3 is 0 Å². The van der Waals surface area contributed by atoms with E-state index in [9.17, 15) is 0 Å². The molecule has 0 spiro atoms. The highest BCUT2D eigenvalue weighted by atomic mass is 32.2. The number of hydrogen-bond donors (Lipinski definition) is 0. The van der Waals surface area contributed by atoms with Crippen molar-refractivity contribution in [1.29, 1.82) is 0 Å². The number of para-hydroxylation sites is 2. The maximum Gasteiger partial charge on any atom is 0.119 e. The molecule has 0 saturated carbocycles. The molecule has 0 atom stereocenters. The first-order valence-corrected chi connectivity index (χ1v) is 13.8. The van der Waals surface area contributed by atoms with Crippen molar-refractivity contribution in [1.82, 2.24) is 0 Å². The third-order valence-corrected chi connectivity index (χ3v) is 6.87. The summed E-state index contributed by atoms with van der Waals surface area (Å²) in [7, 11) is 0. The average molecular weight is 447 g/mol. The molecular weight excluding hydrogens is 408 g/mol. The maximum atomic E-state index is 5.71. The first kappa shape index (κ1) is 25.0. The fraction of sp³-hybridized carbons (Fsp3) is 0.538. The van der Waals surface area contributed by atoms with Gasteiger partial charge in [-0.05, 0) is 48.6 Å². The Hall–Kier alpha value is -1.26. The molecule has 0 aliphatic heterocycles. The number of unbranched alkanes of at least 4 members (excludes halogenated alkanes) is 7. The zero-order valence-corrected chi connectivity index (χ0v) is 19.9. The third-order valence-electron chi connectivity index (χ3n) is 4.81. The van der Waals surface area contributed by atoms with Crippen LogP contribution < -0.4 is 9.47 Å². The summed E-state index contributed by atoms with van der Waals surface area (Å²) in [6.07, 6.45) is 11.0. The van der Waals surface area contributed by atoms with Crippen molar-refractivity contribution >= 4 is 23.5 Å². The summed E-state index contributed by atoms with van der Waals surface area (Å²) in [5.41, 5.74) is 0. The number of benzene rings is 2. The van der Waals surface area contributed by atoms with Gasteiger partial charge in [-0.1, -0.05) is 74.9 Å². The SMILES string of the molecule is c1ccc(OCCSCCCCCCCCCCSCCOc2ccccc2)cc1. The number of thioether (sulfide) groups is 2. The normalized spacial score (nSPS) is 10.8. The Morgan fingerprint density at radius 1 is 0.433 bits per heavy atom. The number of hydrogen-bond acceptors (Lipinski definition) is 4. The standard InChI is InChI=1S/C26H38O2S2/c1(3-5-13-21-29-23-19-27-25-15-9-7-10-16-25)2-4-6-14-22-30-24-20-28-26-17-11-8-12-18-26/h7-12,15-18H,1-6,13-14,19-24H2. The fourth-order valence-corrected chi connectivity index (χ4v) is 4.77. The molecule has 0 bridgehead atoms. The van der Waals surface area contributed by atoms with Crippen molar-refractivity contribution in [2.24, 2.45) is 0 Å². The van der Waals surface area contributed by atoms with Crippen molar-refractivity contribution < 1.29 is 9.47 Å². The van der Waals surface area contributed by atoms with Crippen molar-refractivity contribution in [3.63, 3.8) is 0 Å². The predicted molar refractivity (Wildman–Crippen MR) is 135 cm³/mol. The topological polar surface area (TPSA) is 18.5 Å². The molecule has 2 nitrogen and oxygen atoms in total. The van der Waals surface area contributed by atoms with Crippen LogP contribution in [0.1, 0.15) is 51.4 Å². The van der Waals surface area contributed by atoms with Crippen molar-refractivity contribution in [2.75, 3.05) is 36.2 Å². The summed E-state index contributed by atoms with van der Waals surface area (Å²) in [5.74, 6) is 6.67. The molecule has 2 aromatic rings. The predicted octanol–water partition coefficient (Wildman–Crippen LogP) is 7.73. The molecule has 2 rings (SSSR count). The zero-order valence-electron chi connectivity index (χ0n) is 18.3. The first-order chi connectivity index (χ1) is 14.9. The summed E-state index contributed by atoms with van der Waals surface area (Å²) in [4.78, 5) is 0. The highest BCUT2D eigenvalue weighted by Gasteiger charge is 1.96. The number of rotatable bonds is 19. The molecular formula is C26H38O2S2. The third kappa shape index (κ3) is 13.9. The van der Waals surface area contributed by atoms with Crippen molar-refractivity contribution in [2.45, 2.75) is 51.4 Å². The van der Waals surface area contributed by atoms with Gasteiger partial charge in [0.15, 0.2) is 0 Å². The van der Waals surface area contributed by atoms with Gasteiger partial charge < -0.3 is 9.47 Å². The summed E-state index contributed by atoms with van der Waals surface area (Å²) < 4.78 is 11.4. The van der Waals surface area contributed by atoms with Gasteiger partial charge in [-0.25, -0.2) is 0 Å². The Morgan fingerprint density at radius 2 is 0.800 bits per heavy atom. The highest BCUT2D eigenvalue weighted by molar-refractivity contribution is 7.99. The van der Waals surface area contributed by atoms with E-state index >= 15 is 0 Å². The van der Waals surface area contributed by atoms with Crippen LogP contribution in [0.15, 0.2) is 60.7 Å². The summed E-state index contributed by atoms with van der Waals surface area (Å²) >= 11 is 4.04. The summed E-state index contributed by atoms with van der Waals surface area (Å²) in [6, 6.07) is 20.2. The molecule has 0 heterocycles. The first-order valence-electron chi connectivity index (χ1n) is 11.5. The van der Waals surface area contributed by atoms with E-state index in [0.717, 1.165) is 36.2 Å². The quantitative estimate of drug-likeness (QED) is 0.205. The van der Waals surface area contributed by atoms with E-state index in [1.807, 2.05) is 84.2 Å². The molecule has 0 fully saturated rings. The average Bonchev–Trinajstić information content (AvgIpc) is 2.79. The van der Waals surface area contributed by atoms with E-state index in [0.29, 0.717) is 0 Å². The smallest absolute Gasteiger partial charge is 0.119 e. The second kappa shape index (κ2) is 18.5. The van der Waals surface area contributed by atoms with Gasteiger partial charge in [-0.3, -0.25) is 0 Å². The molecule has 0 unspecified atom stereocenters. The zero-order chi connectivity index (χ0) is 21.0. The molecule has 0 aliphatic rings. The van der Waals surface area contributed by atoms with Gasteiger partial charge in [-0.2, -0.15) is 23.5 Å². The number of ether oxygens (including phenoxy) is 2. The molecule has 166 valence electrons. The second-order valence-electron chi connectivity index (χ2n) is 7.38. The van der Waals surface area contributed by atoms with E-state index < -0.39 is 0 Å². The van der Waals surface area contributed by atoms with Crippen LogP contribution >= 0.6 is 23.5 Å². The lowest BCUT2D eigenvalue weighted by molar-refractivity contribution is 0.344. The van der Waals surface area contributed by atoms with E-state index in [2.05, 4.69) is 0 Å². The van der Waals surface area contributed by atoms with E-state index in [4.69, 9.17) is 9.47 Å². The Balaban J connectivity index is 1.23. The molecule has 0 aliphatic carbocycles. The molecule has 0 N–H and O–H groups in total. The van der Waals surface area contributed by atoms with Gasteiger partial charge in [0.1, 0.15) is 11.5 Å². The molecule has 0 radical (unpaired) electrons. The largest absolute Gasteiger partial charge is 0.493 e. The molecule has 30 heavy (non-hydrogen) atoms. The van der Waals surface area contributed by atoms with Crippen LogP contribution in [0, 0.1) is 0 Å². The minimum absolute atomic E-state index is 0.813. The Labute approximate surface area is 192 Å². The van der Waals surface area contributed by atoms with E-state index in [1.165, 1.54) is 62.9 Å². The van der Waals surface area contributed by atoms with Crippen LogP contribution in [0.5, 0.6) is 11.5 Å². The lowest BCUT2D eigenvalue weighted by Crippen LogP contribution is -2.00. The Kier molecular flexibility index (Phi) is 15.4. The van der Waals surface area contributed by atoms with E-state index in [-0.39, 0.29) is 0 Å². The second-order valence-corrected chi connectivity index (χ2v) is 9.83. The summed E-state index contributed by atoms with van der Waals surface area (Å²) in [6.45, 7) is 1.63. The van der Waals surface area contributed by atoms with Crippen LogP contribution in [0.2, 0.25) is 0 Å². The Bertz CT molecular complexity index is 551. The van der Waals surface area contributed by atoms with E-state index in [1.54, 1.807) is 0 Å². The molecule has 0 amide bonds. The molecule has 2 aromatic carbocycles. The van der Waals surface area contributed by atoms with Gasteiger partial charge in [0.2, 0.25) is 0 Å². The lowest BCUT2D eigenvalue weighted by Gasteiger charge is -2.06. The minimum Gasteiger partial charge on any atom is -0.493 e. The van der Waals surface area contributed by atoms with Crippen LogP contribution in [-0.2, 0) is 0 Å². The van der Waals surface area contributed by atoms with Crippen LogP contribution in [0.3, 0.4) is 0 Å². The van der Waals surface area contributed by atoms with Crippen molar-refractivity contribution in [3.8, 4) is 11.5 Å². The minimum atomic E-state index is 0.813. The van der Waals surface area contributed by atoms with Gasteiger partial charge in [0.05, 0.1) is 13.2 Å². The monoisotopic (exact) mass is 446 g/mol. The van der Waals surface area contributed by atoms with Crippen LogP contribution in [-0.4, -0.2) is 36.2 Å². The highest BCUT2D eigenvalue weighted by Crippen LogP contribution is 2.14. The fourth-order valence-electron chi connectivity index (χ4n) is 3.14. The van der Waals surface area contributed by atoms with Crippen LogP contribution in [0.25, 0.3) is 0 Å².